The van der Waals surface area contributed by atoms with Crippen LogP contribution in [-0.4, -0.2) is 37.9 Å². The molecule has 0 aliphatic heterocycles. The fourth-order valence-corrected chi connectivity index (χ4v) is 2.69. The van der Waals surface area contributed by atoms with Crippen LogP contribution < -0.4 is 10.1 Å². The summed E-state index contributed by atoms with van der Waals surface area (Å²) in [6.07, 6.45) is 1.75. The molecule has 0 saturated carbocycles. The van der Waals surface area contributed by atoms with Crippen LogP contribution in [0.5, 0.6) is 5.75 Å². The highest BCUT2D eigenvalue weighted by atomic mass is 16.5. The summed E-state index contributed by atoms with van der Waals surface area (Å²) < 4.78 is 10.7. The number of nitrogens with one attached hydrogen (secondary N) is 1. The van der Waals surface area contributed by atoms with Gasteiger partial charge in [0, 0.05) is 42.4 Å². The van der Waals surface area contributed by atoms with Gasteiger partial charge in [0.05, 0.1) is 19.8 Å². The number of fused-ring (bicyclic) bond motifs is 1. The first-order valence-corrected chi connectivity index (χ1v) is 8.13. The third-order valence-corrected chi connectivity index (χ3v) is 4.01. The number of ether oxygens (including phenoxy) is 1. The van der Waals surface area contributed by atoms with Crippen molar-refractivity contribution in [1.29, 1.82) is 0 Å². The van der Waals surface area contributed by atoms with Crippen molar-refractivity contribution in [3.63, 3.8) is 0 Å². The number of hydrogen-bond acceptors (Lipinski definition) is 4. The van der Waals surface area contributed by atoms with E-state index in [1.54, 1.807) is 57.8 Å². The largest absolute Gasteiger partial charge is 0.497 e. The maximum atomic E-state index is 12.4. The average molecular weight is 352 g/mol. The highest BCUT2D eigenvalue weighted by Crippen LogP contribution is 2.26. The molecular weight excluding hydrogens is 332 g/mol. The summed E-state index contributed by atoms with van der Waals surface area (Å²) in [5.41, 5.74) is 2.57. The summed E-state index contributed by atoms with van der Waals surface area (Å²) in [5, 5.41) is 3.70. The predicted molar refractivity (Wildman–Crippen MR) is 99.6 cm³/mol. The lowest BCUT2D eigenvalue weighted by molar-refractivity contribution is -0.115. The number of nitrogens with zero attached hydrogens (tertiary/aromatic N) is 1. The van der Waals surface area contributed by atoms with Crippen molar-refractivity contribution in [2.75, 3.05) is 26.5 Å². The van der Waals surface area contributed by atoms with Gasteiger partial charge in [0.15, 0.2) is 0 Å². The minimum absolute atomic E-state index is 0.115. The first-order valence-electron chi connectivity index (χ1n) is 8.13. The monoisotopic (exact) mass is 352 g/mol. The van der Waals surface area contributed by atoms with Gasteiger partial charge in [-0.3, -0.25) is 9.59 Å². The van der Waals surface area contributed by atoms with Gasteiger partial charge in [-0.1, -0.05) is 6.07 Å². The van der Waals surface area contributed by atoms with Gasteiger partial charge in [-0.15, -0.1) is 0 Å². The zero-order valence-electron chi connectivity index (χ0n) is 14.9. The van der Waals surface area contributed by atoms with Crippen molar-refractivity contribution < 1.29 is 18.7 Å². The quantitative estimate of drug-likeness (QED) is 0.764. The lowest BCUT2D eigenvalue weighted by Gasteiger charge is -2.11. The highest BCUT2D eigenvalue weighted by molar-refractivity contribution is 5.98. The molecule has 1 N–H and O–H groups in total. The lowest BCUT2D eigenvalue weighted by Crippen LogP contribution is -2.22. The smallest absolute Gasteiger partial charge is 0.253 e. The molecule has 0 radical (unpaired) electrons. The van der Waals surface area contributed by atoms with Crippen molar-refractivity contribution >= 4 is 28.5 Å². The number of rotatable bonds is 5. The van der Waals surface area contributed by atoms with Crippen molar-refractivity contribution in [3.8, 4) is 5.75 Å². The van der Waals surface area contributed by atoms with E-state index < -0.39 is 0 Å². The Morgan fingerprint density at radius 3 is 2.69 bits per heavy atom. The fourth-order valence-electron chi connectivity index (χ4n) is 2.69. The van der Waals surface area contributed by atoms with Gasteiger partial charge in [0.1, 0.15) is 11.3 Å². The molecule has 6 nitrogen and oxygen atoms in total. The van der Waals surface area contributed by atoms with E-state index in [2.05, 4.69) is 5.32 Å². The second kappa shape index (κ2) is 7.31. The third-order valence-electron chi connectivity index (χ3n) is 4.01. The maximum Gasteiger partial charge on any atom is 0.253 e. The maximum absolute atomic E-state index is 12.4. The Balaban J connectivity index is 1.73. The van der Waals surface area contributed by atoms with E-state index in [-0.39, 0.29) is 18.2 Å². The second-order valence-electron chi connectivity index (χ2n) is 6.13. The molecule has 0 spiro atoms. The van der Waals surface area contributed by atoms with Crippen molar-refractivity contribution in [1.82, 2.24) is 4.90 Å². The normalized spacial score (nSPS) is 10.6. The Labute approximate surface area is 151 Å². The summed E-state index contributed by atoms with van der Waals surface area (Å²) in [7, 11) is 4.97. The van der Waals surface area contributed by atoms with Crippen LogP contribution in [0.1, 0.15) is 15.9 Å². The molecule has 0 aliphatic rings. The van der Waals surface area contributed by atoms with Crippen LogP contribution in [0.25, 0.3) is 11.0 Å². The lowest BCUT2D eigenvalue weighted by atomic mass is 10.1. The van der Waals surface area contributed by atoms with Gasteiger partial charge in [0.2, 0.25) is 5.91 Å². The topological polar surface area (TPSA) is 71.8 Å². The van der Waals surface area contributed by atoms with E-state index >= 15 is 0 Å². The number of furan rings is 1. The van der Waals surface area contributed by atoms with Gasteiger partial charge in [-0.05, 0) is 30.3 Å². The number of anilines is 1. The number of benzene rings is 2. The summed E-state index contributed by atoms with van der Waals surface area (Å²) in [6.45, 7) is 0. The van der Waals surface area contributed by atoms with Gasteiger partial charge < -0.3 is 19.4 Å². The number of methoxy groups -OCH3 is 1. The van der Waals surface area contributed by atoms with Crippen LogP contribution in [0.3, 0.4) is 0 Å². The van der Waals surface area contributed by atoms with E-state index in [1.165, 1.54) is 4.90 Å². The molecule has 134 valence electrons. The standard InChI is InChI=1S/C20H20N2O4/c1-22(2)20(24)13-5-4-6-15(9-13)21-19(23)10-14-12-26-18-11-16(25-3)7-8-17(14)18/h4-9,11-12H,10H2,1-3H3,(H,21,23). The Hall–Kier alpha value is -3.28. The minimum Gasteiger partial charge on any atom is -0.497 e. The van der Waals surface area contributed by atoms with Crippen LogP contribution in [0.15, 0.2) is 53.1 Å². The molecule has 0 unspecified atom stereocenters. The van der Waals surface area contributed by atoms with E-state index in [1.807, 2.05) is 12.1 Å². The van der Waals surface area contributed by atoms with Crippen LogP contribution in [0.4, 0.5) is 5.69 Å². The Morgan fingerprint density at radius 2 is 1.96 bits per heavy atom. The molecule has 1 heterocycles. The molecule has 1 aromatic heterocycles. The van der Waals surface area contributed by atoms with E-state index in [0.29, 0.717) is 22.6 Å². The van der Waals surface area contributed by atoms with Gasteiger partial charge in [-0.25, -0.2) is 0 Å². The van der Waals surface area contributed by atoms with Crippen molar-refractivity contribution in [3.05, 3.63) is 59.9 Å². The first kappa shape index (κ1) is 17.5. The van der Waals surface area contributed by atoms with Crippen LogP contribution in [0, 0.1) is 0 Å². The first-order chi connectivity index (χ1) is 12.5. The summed E-state index contributed by atoms with van der Waals surface area (Å²) in [4.78, 5) is 25.9. The molecule has 0 bridgehead atoms. The zero-order valence-corrected chi connectivity index (χ0v) is 14.9. The zero-order chi connectivity index (χ0) is 18.7. The molecule has 26 heavy (non-hydrogen) atoms. The molecule has 0 saturated heterocycles. The fraction of sp³-hybridized carbons (Fsp3) is 0.200. The second-order valence-corrected chi connectivity index (χ2v) is 6.13. The van der Waals surface area contributed by atoms with E-state index in [9.17, 15) is 9.59 Å². The molecule has 3 aromatic rings. The third kappa shape index (κ3) is 3.69. The van der Waals surface area contributed by atoms with Crippen LogP contribution in [0.2, 0.25) is 0 Å². The summed E-state index contributed by atoms with van der Waals surface area (Å²) >= 11 is 0. The summed E-state index contributed by atoms with van der Waals surface area (Å²) in [5.74, 6) is 0.402. The van der Waals surface area contributed by atoms with Crippen LogP contribution in [-0.2, 0) is 11.2 Å². The molecule has 6 heteroatoms. The minimum atomic E-state index is -0.182. The van der Waals surface area contributed by atoms with Crippen molar-refractivity contribution in [2.24, 2.45) is 0 Å². The molecule has 0 fully saturated rings. The molecule has 0 aliphatic carbocycles. The van der Waals surface area contributed by atoms with E-state index in [4.69, 9.17) is 9.15 Å². The average Bonchev–Trinajstić information content (AvgIpc) is 3.03. The number of hydrogen-bond donors (Lipinski definition) is 1. The Bertz CT molecular complexity index is 959. The molecule has 2 amide bonds. The molecule has 0 atom stereocenters. The predicted octanol–water partition coefficient (Wildman–Crippen LogP) is 3.32. The highest BCUT2D eigenvalue weighted by Gasteiger charge is 2.13. The SMILES string of the molecule is COc1ccc2c(CC(=O)Nc3cccc(C(=O)N(C)C)c3)coc2c1. The Morgan fingerprint density at radius 1 is 1.15 bits per heavy atom. The van der Waals surface area contributed by atoms with Gasteiger partial charge >= 0.3 is 0 Å². The Kier molecular flexibility index (Phi) is 4.93. The number of carbonyl (C=O) groups excluding carboxylic acids is 2. The van der Waals surface area contributed by atoms with E-state index in [0.717, 1.165) is 10.9 Å². The molecule has 3 rings (SSSR count). The number of carbonyl (C=O) groups is 2. The van der Waals surface area contributed by atoms with Crippen LogP contribution >= 0.6 is 0 Å². The van der Waals surface area contributed by atoms with Crippen molar-refractivity contribution in [2.45, 2.75) is 6.42 Å². The van der Waals surface area contributed by atoms with Gasteiger partial charge in [-0.2, -0.15) is 0 Å². The number of amides is 2. The molecular formula is C20H20N2O4. The molecule has 2 aromatic carbocycles. The summed E-state index contributed by atoms with van der Waals surface area (Å²) in [6, 6.07) is 12.4. The van der Waals surface area contributed by atoms with Gasteiger partial charge in [0.25, 0.3) is 5.91 Å².